The molecule has 4 saturated carbocycles. The Morgan fingerprint density at radius 3 is 2.33 bits per heavy atom. The molecule has 0 aromatic carbocycles. The standard InChI is InChI=1S/C17H27N3O/c18-4-2-1-3-16-19-15(20-21-16)11-17-8-12-5-13(9-17)7-14(6-12)10-17/h12-14H,1-11,18H2. The number of rotatable bonds is 6. The van der Waals surface area contributed by atoms with Gasteiger partial charge in [0.05, 0.1) is 0 Å². The fraction of sp³-hybridized carbons (Fsp3) is 0.882. The first kappa shape index (κ1) is 13.7. The highest BCUT2D eigenvalue weighted by molar-refractivity contribution is 5.05. The fourth-order valence-electron chi connectivity index (χ4n) is 5.73. The molecule has 0 radical (unpaired) electrons. The smallest absolute Gasteiger partial charge is 0.226 e. The second-order valence-corrected chi connectivity index (χ2v) is 7.94. The Balaban J connectivity index is 1.41. The van der Waals surface area contributed by atoms with Crippen LogP contribution in [0.2, 0.25) is 0 Å². The van der Waals surface area contributed by atoms with E-state index < -0.39 is 0 Å². The van der Waals surface area contributed by atoms with Crippen molar-refractivity contribution in [3.63, 3.8) is 0 Å². The van der Waals surface area contributed by atoms with Gasteiger partial charge in [0.1, 0.15) is 0 Å². The lowest BCUT2D eigenvalue weighted by molar-refractivity contribution is -0.0533. The Hall–Kier alpha value is -0.900. The second kappa shape index (κ2) is 5.38. The van der Waals surface area contributed by atoms with Gasteiger partial charge in [0.15, 0.2) is 5.82 Å². The third-order valence-electron chi connectivity index (χ3n) is 6.05. The minimum absolute atomic E-state index is 0.507. The van der Waals surface area contributed by atoms with Crippen molar-refractivity contribution in [1.82, 2.24) is 10.1 Å². The van der Waals surface area contributed by atoms with Crippen molar-refractivity contribution in [2.45, 2.75) is 64.2 Å². The molecule has 0 aliphatic heterocycles. The maximum atomic E-state index is 5.53. The zero-order valence-corrected chi connectivity index (χ0v) is 12.9. The molecule has 0 amide bonds. The third kappa shape index (κ3) is 2.75. The Bertz CT molecular complexity index is 461. The maximum absolute atomic E-state index is 5.53. The number of hydrogen-bond acceptors (Lipinski definition) is 4. The summed E-state index contributed by atoms with van der Waals surface area (Å²) in [5.41, 5.74) is 6.03. The highest BCUT2D eigenvalue weighted by Gasteiger charge is 2.51. The highest BCUT2D eigenvalue weighted by Crippen LogP contribution is 2.60. The molecule has 2 N–H and O–H groups in total. The number of unbranched alkanes of at least 4 members (excludes halogenated alkanes) is 1. The number of aryl methyl sites for hydroxylation is 1. The van der Waals surface area contributed by atoms with Crippen molar-refractivity contribution in [2.75, 3.05) is 6.54 Å². The second-order valence-electron chi connectivity index (χ2n) is 7.94. The number of hydrogen-bond donors (Lipinski definition) is 1. The van der Waals surface area contributed by atoms with E-state index in [4.69, 9.17) is 10.3 Å². The van der Waals surface area contributed by atoms with Crippen LogP contribution in [-0.2, 0) is 12.8 Å². The van der Waals surface area contributed by atoms with Crippen LogP contribution in [0.3, 0.4) is 0 Å². The summed E-state index contributed by atoms with van der Waals surface area (Å²) >= 11 is 0. The third-order valence-corrected chi connectivity index (χ3v) is 6.05. The molecule has 4 heteroatoms. The van der Waals surface area contributed by atoms with Gasteiger partial charge < -0.3 is 10.3 Å². The molecule has 4 fully saturated rings. The molecule has 5 rings (SSSR count). The molecule has 1 aromatic rings. The summed E-state index contributed by atoms with van der Waals surface area (Å²) in [5, 5.41) is 4.25. The van der Waals surface area contributed by atoms with Gasteiger partial charge >= 0.3 is 0 Å². The van der Waals surface area contributed by atoms with Crippen LogP contribution in [0, 0.1) is 23.2 Å². The fourth-order valence-corrected chi connectivity index (χ4v) is 5.73. The topological polar surface area (TPSA) is 64.9 Å². The van der Waals surface area contributed by atoms with Crippen LogP contribution in [0.5, 0.6) is 0 Å². The molecule has 0 saturated heterocycles. The van der Waals surface area contributed by atoms with Crippen molar-refractivity contribution in [1.29, 1.82) is 0 Å². The first-order valence-electron chi connectivity index (χ1n) is 8.76. The average molecular weight is 289 g/mol. The van der Waals surface area contributed by atoms with Gasteiger partial charge in [0.2, 0.25) is 5.89 Å². The predicted octanol–water partition coefficient (Wildman–Crippen LogP) is 3.11. The van der Waals surface area contributed by atoms with Gasteiger partial charge in [-0.25, -0.2) is 0 Å². The van der Waals surface area contributed by atoms with Crippen LogP contribution >= 0.6 is 0 Å². The number of nitrogens with two attached hydrogens (primary N) is 1. The number of nitrogens with zero attached hydrogens (tertiary/aromatic N) is 2. The van der Waals surface area contributed by atoms with Gasteiger partial charge in [-0.15, -0.1) is 0 Å². The van der Waals surface area contributed by atoms with Gasteiger partial charge in [-0.1, -0.05) is 5.16 Å². The molecule has 0 spiro atoms. The van der Waals surface area contributed by atoms with E-state index >= 15 is 0 Å². The molecule has 21 heavy (non-hydrogen) atoms. The van der Waals surface area contributed by atoms with Crippen molar-refractivity contribution in [3.05, 3.63) is 11.7 Å². The van der Waals surface area contributed by atoms with Crippen molar-refractivity contribution in [2.24, 2.45) is 28.9 Å². The molecular formula is C17H27N3O. The average Bonchev–Trinajstić information content (AvgIpc) is 2.84. The van der Waals surface area contributed by atoms with Crippen LogP contribution in [0.15, 0.2) is 4.52 Å². The van der Waals surface area contributed by atoms with E-state index in [0.29, 0.717) is 5.41 Å². The predicted molar refractivity (Wildman–Crippen MR) is 80.6 cm³/mol. The van der Waals surface area contributed by atoms with E-state index in [1.54, 1.807) is 0 Å². The van der Waals surface area contributed by atoms with E-state index in [-0.39, 0.29) is 0 Å². The van der Waals surface area contributed by atoms with Gasteiger partial charge in [-0.05, 0) is 81.1 Å². The lowest BCUT2D eigenvalue weighted by atomic mass is 9.49. The first-order chi connectivity index (χ1) is 10.2. The summed E-state index contributed by atoms with van der Waals surface area (Å²) in [6.07, 6.45) is 12.7. The molecule has 116 valence electrons. The normalized spacial score (nSPS) is 37.3. The molecule has 4 aliphatic carbocycles. The van der Waals surface area contributed by atoms with Gasteiger partial charge in [-0.3, -0.25) is 0 Å². The quantitative estimate of drug-likeness (QED) is 0.817. The van der Waals surface area contributed by atoms with E-state index in [0.717, 1.165) is 61.7 Å². The Labute approximate surface area is 126 Å². The molecule has 4 bridgehead atoms. The Morgan fingerprint density at radius 2 is 1.71 bits per heavy atom. The van der Waals surface area contributed by atoms with Crippen molar-refractivity contribution >= 4 is 0 Å². The minimum atomic E-state index is 0.507. The van der Waals surface area contributed by atoms with E-state index in [1.807, 2.05) is 0 Å². The van der Waals surface area contributed by atoms with E-state index in [1.165, 1.54) is 38.5 Å². The van der Waals surface area contributed by atoms with Crippen molar-refractivity contribution < 1.29 is 4.52 Å². The lowest BCUT2D eigenvalue weighted by Crippen LogP contribution is -2.47. The summed E-state index contributed by atoms with van der Waals surface area (Å²) in [6.45, 7) is 0.744. The molecule has 0 unspecified atom stereocenters. The molecule has 1 heterocycles. The van der Waals surface area contributed by atoms with Gasteiger partial charge in [0.25, 0.3) is 0 Å². The maximum Gasteiger partial charge on any atom is 0.226 e. The van der Waals surface area contributed by atoms with Crippen LogP contribution in [0.1, 0.15) is 63.1 Å². The van der Waals surface area contributed by atoms with Crippen LogP contribution in [0.4, 0.5) is 0 Å². The summed E-state index contributed by atoms with van der Waals surface area (Å²) < 4.78 is 5.42. The molecule has 1 aromatic heterocycles. The lowest BCUT2D eigenvalue weighted by Gasteiger charge is -2.56. The zero-order chi connectivity index (χ0) is 14.3. The Morgan fingerprint density at radius 1 is 1.05 bits per heavy atom. The van der Waals surface area contributed by atoms with Crippen LogP contribution < -0.4 is 5.73 Å². The SMILES string of the molecule is NCCCCc1nc(CC23CC4CC(CC(C4)C2)C3)no1. The minimum Gasteiger partial charge on any atom is -0.339 e. The van der Waals surface area contributed by atoms with Crippen molar-refractivity contribution in [3.8, 4) is 0 Å². The van der Waals surface area contributed by atoms with Gasteiger partial charge in [0, 0.05) is 12.8 Å². The summed E-state index contributed by atoms with van der Waals surface area (Å²) in [7, 11) is 0. The number of aromatic nitrogens is 2. The zero-order valence-electron chi connectivity index (χ0n) is 12.9. The monoisotopic (exact) mass is 289 g/mol. The largest absolute Gasteiger partial charge is 0.339 e. The summed E-state index contributed by atoms with van der Waals surface area (Å²) in [4.78, 5) is 4.64. The first-order valence-corrected chi connectivity index (χ1v) is 8.76. The molecule has 4 nitrogen and oxygen atoms in total. The summed E-state index contributed by atoms with van der Waals surface area (Å²) in [5.74, 6) is 4.74. The molecular weight excluding hydrogens is 262 g/mol. The van der Waals surface area contributed by atoms with E-state index in [9.17, 15) is 0 Å². The highest BCUT2D eigenvalue weighted by atomic mass is 16.5. The van der Waals surface area contributed by atoms with Crippen LogP contribution in [0.25, 0.3) is 0 Å². The Kier molecular flexibility index (Phi) is 3.52. The van der Waals surface area contributed by atoms with Crippen LogP contribution in [-0.4, -0.2) is 16.7 Å². The molecule has 0 atom stereocenters. The molecule has 4 aliphatic rings. The van der Waals surface area contributed by atoms with E-state index in [2.05, 4.69) is 10.1 Å². The van der Waals surface area contributed by atoms with Gasteiger partial charge in [-0.2, -0.15) is 4.98 Å². The summed E-state index contributed by atoms with van der Waals surface area (Å²) in [6, 6.07) is 0.